The Bertz CT molecular complexity index is 513. The highest BCUT2D eigenvalue weighted by Gasteiger charge is 2.35. The van der Waals surface area contributed by atoms with E-state index in [1.807, 2.05) is 18.2 Å². The third-order valence-corrected chi connectivity index (χ3v) is 3.78. The molecule has 1 atom stereocenters. The van der Waals surface area contributed by atoms with Gasteiger partial charge >= 0.3 is 0 Å². The molecule has 1 saturated heterocycles. The molecule has 5 heteroatoms. The zero-order valence-electron chi connectivity index (χ0n) is 11.1. The number of hydrogen-bond donors (Lipinski definition) is 3. The number of nitrogens with one attached hydrogen (secondary N) is 2. The van der Waals surface area contributed by atoms with Gasteiger partial charge in [0.2, 0.25) is 0 Å². The van der Waals surface area contributed by atoms with Crippen LogP contribution in [0.15, 0.2) is 18.2 Å². The molecule has 0 radical (unpaired) electrons. The third-order valence-electron chi connectivity index (χ3n) is 3.78. The van der Waals surface area contributed by atoms with Crippen molar-refractivity contribution in [3.05, 3.63) is 23.8 Å². The Labute approximate surface area is 112 Å². The summed E-state index contributed by atoms with van der Waals surface area (Å²) in [5.41, 5.74) is 1.78. The van der Waals surface area contributed by atoms with Gasteiger partial charge < -0.3 is 20.6 Å². The van der Waals surface area contributed by atoms with Crippen LogP contribution in [0.4, 0.5) is 11.4 Å². The van der Waals surface area contributed by atoms with E-state index < -0.39 is 5.60 Å². The average molecular weight is 261 g/mol. The van der Waals surface area contributed by atoms with Crippen molar-refractivity contribution in [1.29, 1.82) is 0 Å². The fourth-order valence-electron chi connectivity index (χ4n) is 2.74. The summed E-state index contributed by atoms with van der Waals surface area (Å²) in [4.78, 5) is 14.3. The molecule has 3 N–H and O–H groups in total. The standard InChI is InChI=1S/C14H19N3O2/c1-14(19)5-8-17(9-14)13(18)10-3-2-4-11-12(10)16-7-6-15-11/h2-4,15-16,19H,5-9H2,1H3. The van der Waals surface area contributed by atoms with E-state index in [1.54, 1.807) is 11.8 Å². The van der Waals surface area contributed by atoms with E-state index in [9.17, 15) is 9.90 Å². The summed E-state index contributed by atoms with van der Waals surface area (Å²) >= 11 is 0. The molecule has 102 valence electrons. The summed E-state index contributed by atoms with van der Waals surface area (Å²) in [6, 6.07) is 5.70. The number of rotatable bonds is 1. The summed E-state index contributed by atoms with van der Waals surface area (Å²) < 4.78 is 0. The lowest BCUT2D eigenvalue weighted by Gasteiger charge is -2.25. The maximum atomic E-state index is 12.6. The molecule has 0 bridgehead atoms. The van der Waals surface area contributed by atoms with Crippen LogP contribution in [0.25, 0.3) is 0 Å². The summed E-state index contributed by atoms with van der Waals surface area (Å²) in [6.45, 7) is 4.48. The second-order valence-electron chi connectivity index (χ2n) is 5.56. The minimum Gasteiger partial charge on any atom is -0.388 e. The number of β-amino-alcohol motifs (C(OH)–C–C–N with tert-alkyl or cyclic N) is 1. The number of benzene rings is 1. The number of anilines is 2. The van der Waals surface area contributed by atoms with Crippen LogP contribution >= 0.6 is 0 Å². The van der Waals surface area contributed by atoms with Crippen molar-refractivity contribution in [3.8, 4) is 0 Å². The average Bonchev–Trinajstić information content (AvgIpc) is 2.78. The van der Waals surface area contributed by atoms with Crippen LogP contribution in [0.5, 0.6) is 0 Å². The maximum absolute atomic E-state index is 12.6. The van der Waals surface area contributed by atoms with Crippen molar-refractivity contribution in [2.75, 3.05) is 36.8 Å². The molecular formula is C14H19N3O2. The Balaban J connectivity index is 1.88. The Morgan fingerprint density at radius 2 is 2.16 bits per heavy atom. The zero-order valence-corrected chi connectivity index (χ0v) is 11.1. The van der Waals surface area contributed by atoms with Crippen molar-refractivity contribution >= 4 is 17.3 Å². The van der Waals surface area contributed by atoms with Crippen molar-refractivity contribution < 1.29 is 9.90 Å². The van der Waals surface area contributed by atoms with E-state index in [4.69, 9.17) is 0 Å². The van der Waals surface area contributed by atoms with Gasteiger partial charge in [0.1, 0.15) is 0 Å². The van der Waals surface area contributed by atoms with Gasteiger partial charge in [0.25, 0.3) is 5.91 Å². The molecule has 0 aliphatic carbocycles. The predicted octanol–water partition coefficient (Wildman–Crippen LogP) is 1.12. The summed E-state index contributed by atoms with van der Waals surface area (Å²) in [6.07, 6.45) is 0.638. The second-order valence-corrected chi connectivity index (χ2v) is 5.56. The first-order valence-corrected chi connectivity index (χ1v) is 6.69. The SMILES string of the molecule is CC1(O)CCN(C(=O)c2cccc3c2NCCN3)C1. The van der Waals surface area contributed by atoms with Crippen molar-refractivity contribution in [1.82, 2.24) is 4.90 Å². The lowest BCUT2D eigenvalue weighted by molar-refractivity contribution is 0.0572. The lowest BCUT2D eigenvalue weighted by Crippen LogP contribution is -2.34. The van der Waals surface area contributed by atoms with Crippen LogP contribution in [0.2, 0.25) is 0 Å². The third kappa shape index (κ3) is 2.26. The van der Waals surface area contributed by atoms with E-state index in [0.29, 0.717) is 25.1 Å². The molecule has 2 aliphatic rings. The van der Waals surface area contributed by atoms with Gasteiger partial charge in [-0.2, -0.15) is 0 Å². The first-order valence-electron chi connectivity index (χ1n) is 6.69. The monoisotopic (exact) mass is 261 g/mol. The number of hydrogen-bond acceptors (Lipinski definition) is 4. The van der Waals surface area contributed by atoms with Gasteiger partial charge in [0.15, 0.2) is 0 Å². The fraction of sp³-hybridized carbons (Fsp3) is 0.500. The largest absolute Gasteiger partial charge is 0.388 e. The lowest BCUT2D eigenvalue weighted by atomic mass is 10.1. The molecule has 0 aromatic heterocycles. The summed E-state index contributed by atoms with van der Waals surface area (Å²) in [7, 11) is 0. The van der Waals surface area contributed by atoms with Crippen LogP contribution in [-0.4, -0.2) is 47.7 Å². The van der Waals surface area contributed by atoms with E-state index >= 15 is 0 Å². The van der Waals surface area contributed by atoms with E-state index in [0.717, 1.165) is 24.5 Å². The Morgan fingerprint density at radius 3 is 2.89 bits per heavy atom. The topological polar surface area (TPSA) is 64.6 Å². The van der Waals surface area contributed by atoms with Crippen molar-refractivity contribution in [2.24, 2.45) is 0 Å². The van der Waals surface area contributed by atoms with Crippen LogP contribution in [0.1, 0.15) is 23.7 Å². The fourth-order valence-corrected chi connectivity index (χ4v) is 2.74. The maximum Gasteiger partial charge on any atom is 0.256 e. The second kappa shape index (κ2) is 4.42. The molecular weight excluding hydrogens is 242 g/mol. The minimum absolute atomic E-state index is 0.00850. The normalized spacial score (nSPS) is 25.5. The van der Waals surface area contributed by atoms with Gasteiger partial charge in [-0.1, -0.05) is 6.07 Å². The molecule has 0 spiro atoms. The molecule has 5 nitrogen and oxygen atoms in total. The number of carbonyl (C=O) groups excluding carboxylic acids is 1. The summed E-state index contributed by atoms with van der Waals surface area (Å²) in [5, 5.41) is 16.5. The highest BCUT2D eigenvalue weighted by molar-refractivity contribution is 6.03. The number of likely N-dealkylation sites (tertiary alicyclic amines) is 1. The first kappa shape index (κ1) is 12.3. The molecule has 1 aromatic carbocycles. The smallest absolute Gasteiger partial charge is 0.256 e. The molecule has 1 amide bonds. The van der Waals surface area contributed by atoms with Gasteiger partial charge in [0, 0.05) is 26.2 Å². The molecule has 19 heavy (non-hydrogen) atoms. The molecule has 0 saturated carbocycles. The van der Waals surface area contributed by atoms with Crippen LogP contribution in [-0.2, 0) is 0 Å². The van der Waals surface area contributed by atoms with Crippen LogP contribution < -0.4 is 10.6 Å². The van der Waals surface area contributed by atoms with Gasteiger partial charge in [0.05, 0.1) is 22.5 Å². The Hall–Kier alpha value is -1.75. The summed E-state index contributed by atoms with van der Waals surface area (Å²) in [5.74, 6) is -0.00850. The Morgan fingerprint density at radius 1 is 1.37 bits per heavy atom. The first-order chi connectivity index (χ1) is 9.07. The molecule has 3 rings (SSSR count). The number of aliphatic hydroxyl groups is 1. The van der Waals surface area contributed by atoms with Crippen molar-refractivity contribution in [3.63, 3.8) is 0 Å². The highest BCUT2D eigenvalue weighted by atomic mass is 16.3. The molecule has 1 aromatic rings. The van der Waals surface area contributed by atoms with Crippen molar-refractivity contribution in [2.45, 2.75) is 18.9 Å². The van der Waals surface area contributed by atoms with Crippen LogP contribution in [0.3, 0.4) is 0 Å². The Kier molecular flexibility index (Phi) is 2.86. The molecule has 1 fully saturated rings. The van der Waals surface area contributed by atoms with E-state index in [1.165, 1.54) is 0 Å². The number of amides is 1. The predicted molar refractivity (Wildman–Crippen MR) is 74.6 cm³/mol. The van der Waals surface area contributed by atoms with Gasteiger partial charge in [-0.05, 0) is 25.5 Å². The van der Waals surface area contributed by atoms with Crippen LogP contribution in [0, 0.1) is 0 Å². The number of para-hydroxylation sites is 1. The van der Waals surface area contributed by atoms with Gasteiger partial charge in [-0.25, -0.2) is 0 Å². The minimum atomic E-state index is -0.754. The number of nitrogens with zero attached hydrogens (tertiary/aromatic N) is 1. The molecule has 2 heterocycles. The highest BCUT2D eigenvalue weighted by Crippen LogP contribution is 2.31. The zero-order chi connectivity index (χ0) is 13.5. The number of fused-ring (bicyclic) bond motifs is 1. The van der Waals surface area contributed by atoms with E-state index in [-0.39, 0.29) is 5.91 Å². The quantitative estimate of drug-likeness (QED) is 0.709. The van der Waals surface area contributed by atoms with Gasteiger partial charge in [-0.15, -0.1) is 0 Å². The number of carbonyl (C=O) groups is 1. The molecule has 1 unspecified atom stereocenters. The molecule has 2 aliphatic heterocycles. The van der Waals surface area contributed by atoms with E-state index in [2.05, 4.69) is 10.6 Å². The van der Waals surface area contributed by atoms with Gasteiger partial charge in [-0.3, -0.25) is 4.79 Å².